The van der Waals surface area contributed by atoms with E-state index >= 15 is 0 Å². The van der Waals surface area contributed by atoms with Gasteiger partial charge in [-0.15, -0.1) is 0 Å². The molecule has 1 nitrogen and oxygen atoms in total. The summed E-state index contributed by atoms with van der Waals surface area (Å²) in [5.41, 5.74) is 2.24. The van der Waals surface area contributed by atoms with E-state index < -0.39 is 0 Å². The molecule has 78 valence electrons. The van der Waals surface area contributed by atoms with Gasteiger partial charge in [-0.3, -0.25) is 0 Å². The second-order valence-corrected chi connectivity index (χ2v) is 4.17. The molecular formula is C14H16O. The van der Waals surface area contributed by atoms with E-state index in [9.17, 15) is 5.11 Å². The molecule has 0 bridgehead atoms. The van der Waals surface area contributed by atoms with Crippen molar-refractivity contribution in [3.05, 3.63) is 59.7 Å². The predicted octanol–water partition coefficient (Wildman–Crippen LogP) is 2.74. The summed E-state index contributed by atoms with van der Waals surface area (Å²) in [6, 6.07) is 8.40. The molecule has 0 saturated heterocycles. The minimum absolute atomic E-state index is 0.164. The van der Waals surface area contributed by atoms with Crippen molar-refractivity contribution in [2.45, 2.75) is 18.8 Å². The summed E-state index contributed by atoms with van der Waals surface area (Å²) < 4.78 is 0. The zero-order valence-electron chi connectivity index (χ0n) is 8.98. The molecule has 2 rings (SSSR count). The van der Waals surface area contributed by atoms with Gasteiger partial charge >= 0.3 is 0 Å². The SMILES string of the molecule is Cc1ccc([C@@]2(CO)C=CC=CC2)cc1. The molecule has 15 heavy (non-hydrogen) atoms. The number of aliphatic hydroxyl groups is 1. The Balaban J connectivity index is 2.38. The molecule has 0 spiro atoms. The highest BCUT2D eigenvalue weighted by atomic mass is 16.3. The van der Waals surface area contributed by atoms with Crippen molar-refractivity contribution in [1.29, 1.82) is 0 Å². The number of aryl methyl sites for hydroxylation is 1. The number of hydrogen-bond donors (Lipinski definition) is 1. The third-order valence-electron chi connectivity index (χ3n) is 3.05. The van der Waals surface area contributed by atoms with Crippen LogP contribution in [0.4, 0.5) is 0 Å². The second kappa shape index (κ2) is 4.03. The van der Waals surface area contributed by atoms with E-state index in [2.05, 4.69) is 43.3 Å². The van der Waals surface area contributed by atoms with Crippen LogP contribution >= 0.6 is 0 Å². The zero-order valence-corrected chi connectivity index (χ0v) is 8.98. The van der Waals surface area contributed by atoms with Crippen LogP contribution in [-0.4, -0.2) is 11.7 Å². The highest BCUT2D eigenvalue weighted by molar-refractivity contribution is 5.37. The van der Waals surface area contributed by atoms with E-state index in [1.54, 1.807) is 0 Å². The molecule has 1 aliphatic carbocycles. The van der Waals surface area contributed by atoms with Crippen LogP contribution in [0.15, 0.2) is 48.6 Å². The predicted molar refractivity (Wildman–Crippen MR) is 62.8 cm³/mol. The van der Waals surface area contributed by atoms with Crippen molar-refractivity contribution >= 4 is 0 Å². The van der Waals surface area contributed by atoms with E-state index in [1.807, 2.05) is 12.2 Å². The van der Waals surface area contributed by atoms with E-state index in [1.165, 1.54) is 11.1 Å². The van der Waals surface area contributed by atoms with Crippen LogP contribution in [0.3, 0.4) is 0 Å². The van der Waals surface area contributed by atoms with Gasteiger partial charge in [-0.2, -0.15) is 0 Å². The number of benzene rings is 1. The topological polar surface area (TPSA) is 20.2 Å². The Morgan fingerprint density at radius 1 is 1.20 bits per heavy atom. The molecule has 0 unspecified atom stereocenters. The van der Waals surface area contributed by atoms with Crippen LogP contribution in [0.2, 0.25) is 0 Å². The monoisotopic (exact) mass is 200 g/mol. The average Bonchev–Trinajstić information content (AvgIpc) is 2.31. The Morgan fingerprint density at radius 3 is 2.47 bits per heavy atom. The lowest BCUT2D eigenvalue weighted by molar-refractivity contribution is 0.225. The molecule has 1 atom stereocenters. The van der Waals surface area contributed by atoms with Crippen molar-refractivity contribution in [2.24, 2.45) is 0 Å². The molecule has 0 amide bonds. The van der Waals surface area contributed by atoms with Gasteiger partial charge in [0.25, 0.3) is 0 Å². The maximum Gasteiger partial charge on any atom is 0.0565 e. The molecule has 0 saturated carbocycles. The summed E-state index contributed by atoms with van der Waals surface area (Å²) in [5.74, 6) is 0. The molecule has 1 aromatic carbocycles. The molecule has 1 aromatic rings. The van der Waals surface area contributed by atoms with Gasteiger partial charge in [-0.05, 0) is 18.9 Å². The largest absolute Gasteiger partial charge is 0.395 e. The van der Waals surface area contributed by atoms with Gasteiger partial charge in [0.05, 0.1) is 6.61 Å². The Morgan fingerprint density at radius 2 is 1.93 bits per heavy atom. The van der Waals surface area contributed by atoms with Crippen LogP contribution in [0.25, 0.3) is 0 Å². The summed E-state index contributed by atoms with van der Waals surface area (Å²) >= 11 is 0. The fraction of sp³-hybridized carbons (Fsp3) is 0.286. The van der Waals surface area contributed by atoms with Crippen molar-refractivity contribution in [3.8, 4) is 0 Å². The minimum Gasteiger partial charge on any atom is -0.395 e. The normalized spacial score (nSPS) is 24.4. The summed E-state index contributed by atoms with van der Waals surface area (Å²) in [7, 11) is 0. The highest BCUT2D eigenvalue weighted by Crippen LogP contribution is 2.32. The first-order valence-corrected chi connectivity index (χ1v) is 5.29. The van der Waals surface area contributed by atoms with Gasteiger partial charge in [0.15, 0.2) is 0 Å². The maximum atomic E-state index is 9.58. The number of rotatable bonds is 2. The van der Waals surface area contributed by atoms with Crippen LogP contribution < -0.4 is 0 Å². The smallest absolute Gasteiger partial charge is 0.0565 e. The van der Waals surface area contributed by atoms with Gasteiger partial charge in [-0.25, -0.2) is 0 Å². The van der Waals surface area contributed by atoms with Crippen LogP contribution in [0.1, 0.15) is 17.5 Å². The molecule has 1 heteroatoms. The molecule has 1 N–H and O–H groups in total. The molecule has 1 aliphatic rings. The van der Waals surface area contributed by atoms with E-state index in [0.717, 1.165) is 6.42 Å². The first kappa shape index (κ1) is 10.2. The quantitative estimate of drug-likeness (QED) is 0.778. The molecule has 0 aliphatic heterocycles. The zero-order chi connectivity index (χ0) is 10.7. The molecule has 0 radical (unpaired) electrons. The Kier molecular flexibility index (Phi) is 2.74. The molecule has 0 heterocycles. The third-order valence-corrected chi connectivity index (χ3v) is 3.05. The lowest BCUT2D eigenvalue weighted by atomic mass is 9.76. The van der Waals surface area contributed by atoms with Crippen molar-refractivity contribution in [2.75, 3.05) is 6.61 Å². The van der Waals surface area contributed by atoms with Crippen molar-refractivity contribution < 1.29 is 5.11 Å². The first-order chi connectivity index (χ1) is 7.27. The maximum absolute atomic E-state index is 9.58. The van der Waals surface area contributed by atoms with Gasteiger partial charge in [0, 0.05) is 5.41 Å². The Bertz CT molecular complexity index is 386. The third kappa shape index (κ3) is 1.88. The van der Waals surface area contributed by atoms with Crippen LogP contribution in [0.5, 0.6) is 0 Å². The van der Waals surface area contributed by atoms with Gasteiger partial charge in [0.1, 0.15) is 0 Å². The number of hydrogen-bond acceptors (Lipinski definition) is 1. The Hall–Kier alpha value is -1.34. The Labute approximate surface area is 90.8 Å². The average molecular weight is 200 g/mol. The minimum atomic E-state index is -0.206. The fourth-order valence-electron chi connectivity index (χ4n) is 1.97. The van der Waals surface area contributed by atoms with E-state index in [4.69, 9.17) is 0 Å². The lowest BCUT2D eigenvalue weighted by Crippen LogP contribution is -2.28. The van der Waals surface area contributed by atoms with Crippen LogP contribution in [-0.2, 0) is 5.41 Å². The van der Waals surface area contributed by atoms with E-state index in [-0.39, 0.29) is 12.0 Å². The number of aliphatic hydroxyl groups excluding tert-OH is 1. The molecule has 0 aromatic heterocycles. The summed E-state index contributed by atoms with van der Waals surface area (Å²) in [4.78, 5) is 0. The van der Waals surface area contributed by atoms with Crippen molar-refractivity contribution in [1.82, 2.24) is 0 Å². The van der Waals surface area contributed by atoms with E-state index in [0.29, 0.717) is 0 Å². The van der Waals surface area contributed by atoms with Gasteiger partial charge in [0.2, 0.25) is 0 Å². The highest BCUT2D eigenvalue weighted by Gasteiger charge is 2.28. The van der Waals surface area contributed by atoms with Gasteiger partial charge in [-0.1, -0.05) is 54.1 Å². The summed E-state index contributed by atoms with van der Waals surface area (Å²) in [5, 5.41) is 9.58. The van der Waals surface area contributed by atoms with Crippen molar-refractivity contribution in [3.63, 3.8) is 0 Å². The fourth-order valence-corrected chi connectivity index (χ4v) is 1.97. The molecule has 0 fully saturated rings. The standard InChI is InChI=1S/C14H16O/c1-12-5-7-13(8-6-12)14(11-15)9-3-2-4-10-14/h2-9,15H,10-11H2,1H3/t14-/m0/s1. The second-order valence-electron chi connectivity index (χ2n) is 4.17. The molecular weight excluding hydrogens is 184 g/mol. The van der Waals surface area contributed by atoms with Gasteiger partial charge < -0.3 is 5.11 Å². The number of allylic oxidation sites excluding steroid dienone is 3. The van der Waals surface area contributed by atoms with Crippen LogP contribution in [0, 0.1) is 6.92 Å². The lowest BCUT2D eigenvalue weighted by Gasteiger charge is -2.29. The summed E-state index contributed by atoms with van der Waals surface area (Å²) in [6.07, 6.45) is 9.12. The summed E-state index contributed by atoms with van der Waals surface area (Å²) in [6.45, 7) is 2.24. The first-order valence-electron chi connectivity index (χ1n) is 5.29.